The van der Waals surface area contributed by atoms with Crippen molar-refractivity contribution in [2.24, 2.45) is 0 Å². The third-order valence-electron chi connectivity index (χ3n) is 4.56. The van der Waals surface area contributed by atoms with Gasteiger partial charge in [-0.15, -0.1) is 0 Å². The monoisotopic (exact) mass is 350 g/mol. The van der Waals surface area contributed by atoms with E-state index in [1.54, 1.807) is 0 Å². The van der Waals surface area contributed by atoms with Gasteiger partial charge < -0.3 is 4.74 Å². The van der Waals surface area contributed by atoms with E-state index >= 15 is 0 Å². The summed E-state index contributed by atoms with van der Waals surface area (Å²) in [4.78, 5) is 11.0. The molecule has 0 radical (unpaired) electrons. The Hall–Kier alpha value is -1.05. The average Bonchev–Trinajstić information content (AvgIpc) is 2.63. The first kappa shape index (κ1) is 23.9. The summed E-state index contributed by atoms with van der Waals surface area (Å²) in [6.45, 7) is 2.25. The van der Waals surface area contributed by atoms with Crippen LogP contribution in [-0.2, 0) is 9.53 Å². The summed E-state index contributed by atoms with van der Waals surface area (Å²) in [5.74, 6) is -0.0722. The molecule has 2 heteroatoms. The van der Waals surface area contributed by atoms with Gasteiger partial charge in [0.2, 0.25) is 0 Å². The van der Waals surface area contributed by atoms with Crippen LogP contribution in [0.1, 0.15) is 110 Å². The predicted octanol–water partition coefficient (Wildman–Crippen LogP) is 7.53. The van der Waals surface area contributed by atoms with Crippen LogP contribution in [0.25, 0.3) is 0 Å². The van der Waals surface area contributed by atoms with Crippen molar-refractivity contribution in [3.05, 3.63) is 24.3 Å². The molecule has 0 fully saturated rings. The number of allylic oxidation sites excluding steroid dienone is 4. The lowest BCUT2D eigenvalue weighted by Crippen LogP contribution is -1.99. The first-order valence-electron chi connectivity index (χ1n) is 10.7. The van der Waals surface area contributed by atoms with Gasteiger partial charge in [0.05, 0.1) is 7.11 Å². The van der Waals surface area contributed by atoms with E-state index in [1.165, 1.54) is 84.2 Å². The molecule has 0 saturated heterocycles. The Kier molecular flexibility index (Phi) is 20.1. The quantitative estimate of drug-likeness (QED) is 0.145. The zero-order valence-corrected chi connectivity index (χ0v) is 16.9. The first-order valence-corrected chi connectivity index (χ1v) is 10.7. The number of hydrogen-bond donors (Lipinski definition) is 0. The zero-order chi connectivity index (χ0) is 18.4. The zero-order valence-electron chi connectivity index (χ0n) is 16.9. The maximum Gasteiger partial charge on any atom is 0.305 e. The van der Waals surface area contributed by atoms with E-state index < -0.39 is 0 Å². The largest absolute Gasteiger partial charge is 0.469 e. The first-order chi connectivity index (χ1) is 12.3. The molecule has 0 aliphatic carbocycles. The maximum atomic E-state index is 11.0. The number of ether oxygens (including phenoxy) is 1. The number of methoxy groups -OCH3 is 1. The number of carbonyl (C=O) groups excluding carboxylic acids is 1. The molecule has 0 aromatic rings. The van der Waals surface area contributed by atoms with Gasteiger partial charge in [0.15, 0.2) is 0 Å². The minimum atomic E-state index is -0.0722. The Balaban J connectivity index is 3.15. The third-order valence-corrected chi connectivity index (χ3v) is 4.56. The van der Waals surface area contributed by atoms with Gasteiger partial charge >= 0.3 is 5.97 Å². The van der Waals surface area contributed by atoms with Crippen molar-refractivity contribution >= 4 is 5.97 Å². The lowest BCUT2D eigenvalue weighted by atomic mass is 10.1. The van der Waals surface area contributed by atoms with Crippen LogP contribution in [0.4, 0.5) is 0 Å². The molecule has 0 amide bonds. The van der Waals surface area contributed by atoms with Gasteiger partial charge in [-0.05, 0) is 38.5 Å². The van der Waals surface area contributed by atoms with Crippen LogP contribution in [0.2, 0.25) is 0 Å². The van der Waals surface area contributed by atoms with Crippen molar-refractivity contribution in [2.75, 3.05) is 7.11 Å². The van der Waals surface area contributed by atoms with Gasteiger partial charge in [-0.1, -0.05) is 89.0 Å². The highest BCUT2D eigenvalue weighted by molar-refractivity contribution is 5.68. The van der Waals surface area contributed by atoms with Crippen LogP contribution in [0.3, 0.4) is 0 Å². The van der Waals surface area contributed by atoms with Crippen LogP contribution >= 0.6 is 0 Å². The van der Waals surface area contributed by atoms with Crippen molar-refractivity contribution in [1.82, 2.24) is 0 Å². The molecule has 0 bridgehead atoms. The minimum absolute atomic E-state index is 0.0722. The molecule has 25 heavy (non-hydrogen) atoms. The highest BCUT2D eigenvalue weighted by Gasteiger charge is 1.98. The van der Waals surface area contributed by atoms with E-state index in [-0.39, 0.29) is 5.97 Å². The summed E-state index contributed by atoms with van der Waals surface area (Å²) in [6, 6.07) is 0. The lowest BCUT2D eigenvalue weighted by Gasteiger charge is -2.02. The standard InChI is InChI=1S/C23H42O2/c1-3-4-5-6-7-8-9-10-11-12-13-14-15-16-17-18-19-20-21-22-23(24)25-2/h7-8,10-11H,3-6,9,12-22H2,1-2H3/b8-7-,11-10-. The summed E-state index contributed by atoms with van der Waals surface area (Å²) in [7, 11) is 1.46. The molecule has 0 aliphatic heterocycles. The minimum Gasteiger partial charge on any atom is -0.469 e. The summed E-state index contributed by atoms with van der Waals surface area (Å²) in [6.07, 6.45) is 28.9. The number of unbranched alkanes of at least 4 members (excludes halogenated alkanes) is 12. The molecule has 0 spiro atoms. The molecule has 0 N–H and O–H groups in total. The molecule has 146 valence electrons. The molecule has 0 heterocycles. The van der Waals surface area contributed by atoms with Crippen molar-refractivity contribution in [2.45, 2.75) is 110 Å². The van der Waals surface area contributed by atoms with E-state index in [0.29, 0.717) is 6.42 Å². The van der Waals surface area contributed by atoms with Crippen molar-refractivity contribution in [3.8, 4) is 0 Å². The molecule has 0 unspecified atom stereocenters. The van der Waals surface area contributed by atoms with Crippen molar-refractivity contribution in [1.29, 1.82) is 0 Å². The van der Waals surface area contributed by atoms with Crippen LogP contribution in [0.15, 0.2) is 24.3 Å². The van der Waals surface area contributed by atoms with E-state index in [2.05, 4.69) is 36.0 Å². The molecule has 0 saturated carbocycles. The van der Waals surface area contributed by atoms with Gasteiger partial charge in [-0.2, -0.15) is 0 Å². The number of esters is 1. The second-order valence-electron chi connectivity index (χ2n) is 6.97. The molecule has 0 atom stereocenters. The topological polar surface area (TPSA) is 26.3 Å². The molecular weight excluding hydrogens is 308 g/mol. The Morgan fingerprint density at radius 2 is 1.16 bits per heavy atom. The molecular formula is C23H42O2. The number of rotatable bonds is 18. The highest BCUT2D eigenvalue weighted by Crippen LogP contribution is 2.11. The van der Waals surface area contributed by atoms with E-state index in [4.69, 9.17) is 0 Å². The molecule has 2 nitrogen and oxygen atoms in total. The average molecular weight is 351 g/mol. The Bertz CT molecular complexity index is 331. The Morgan fingerprint density at radius 1 is 0.680 bits per heavy atom. The summed E-state index contributed by atoms with van der Waals surface area (Å²) < 4.78 is 4.64. The molecule has 0 aromatic carbocycles. The highest BCUT2D eigenvalue weighted by atomic mass is 16.5. The Morgan fingerprint density at radius 3 is 1.68 bits per heavy atom. The van der Waals surface area contributed by atoms with Crippen LogP contribution in [-0.4, -0.2) is 13.1 Å². The molecule has 0 rings (SSSR count). The maximum absolute atomic E-state index is 11.0. The summed E-state index contributed by atoms with van der Waals surface area (Å²) in [5, 5.41) is 0. The lowest BCUT2D eigenvalue weighted by molar-refractivity contribution is -0.140. The van der Waals surface area contributed by atoms with Gasteiger partial charge in [0, 0.05) is 6.42 Å². The fraction of sp³-hybridized carbons (Fsp3) is 0.783. The van der Waals surface area contributed by atoms with E-state index in [9.17, 15) is 4.79 Å². The second-order valence-corrected chi connectivity index (χ2v) is 6.97. The van der Waals surface area contributed by atoms with Gasteiger partial charge in [0.25, 0.3) is 0 Å². The second kappa shape index (κ2) is 21.0. The van der Waals surface area contributed by atoms with Crippen LogP contribution in [0.5, 0.6) is 0 Å². The van der Waals surface area contributed by atoms with E-state index in [1.807, 2.05) is 0 Å². The van der Waals surface area contributed by atoms with Crippen LogP contribution in [0, 0.1) is 0 Å². The normalized spacial score (nSPS) is 11.6. The van der Waals surface area contributed by atoms with Gasteiger partial charge in [0.1, 0.15) is 0 Å². The number of carbonyl (C=O) groups is 1. The number of hydrogen-bond acceptors (Lipinski definition) is 2. The molecule has 0 aliphatic rings. The van der Waals surface area contributed by atoms with E-state index in [0.717, 1.165) is 19.3 Å². The molecule has 0 aromatic heterocycles. The fourth-order valence-corrected chi connectivity index (χ4v) is 2.89. The third kappa shape index (κ3) is 20.9. The predicted molar refractivity (Wildman–Crippen MR) is 110 cm³/mol. The smallest absolute Gasteiger partial charge is 0.305 e. The van der Waals surface area contributed by atoms with Crippen molar-refractivity contribution < 1.29 is 9.53 Å². The fourth-order valence-electron chi connectivity index (χ4n) is 2.89. The SMILES string of the molecule is CCCCC/C=C\C/C=C\CCCCCCCCCCCC(=O)OC. The van der Waals surface area contributed by atoms with Gasteiger partial charge in [-0.25, -0.2) is 0 Å². The Labute approximate surface area is 157 Å². The van der Waals surface area contributed by atoms with Crippen LogP contribution < -0.4 is 0 Å². The summed E-state index contributed by atoms with van der Waals surface area (Å²) in [5.41, 5.74) is 0. The van der Waals surface area contributed by atoms with Crippen molar-refractivity contribution in [3.63, 3.8) is 0 Å². The summed E-state index contributed by atoms with van der Waals surface area (Å²) >= 11 is 0. The van der Waals surface area contributed by atoms with Gasteiger partial charge in [-0.3, -0.25) is 4.79 Å².